The molecular formula is C9H14. The lowest BCUT2D eigenvalue weighted by atomic mass is 9.86. The van der Waals surface area contributed by atoms with Gasteiger partial charge in [0.15, 0.2) is 0 Å². The highest BCUT2D eigenvalue weighted by Gasteiger charge is 2.38. The van der Waals surface area contributed by atoms with Gasteiger partial charge in [0.25, 0.3) is 0 Å². The standard InChI is InChI=1S/C9H14/c1-6-3-4-8(6)9-5-7(9)2/h7,9H,3-5H2,1-2H3. The molecule has 0 radical (unpaired) electrons. The highest BCUT2D eigenvalue weighted by molar-refractivity contribution is 5.28. The largest absolute Gasteiger partial charge is 0.0735 e. The van der Waals surface area contributed by atoms with Crippen LogP contribution in [-0.4, -0.2) is 0 Å². The fourth-order valence-electron chi connectivity index (χ4n) is 1.83. The average molecular weight is 122 g/mol. The molecular weight excluding hydrogens is 108 g/mol. The molecule has 2 atom stereocenters. The normalized spacial score (nSPS) is 40.7. The third-order valence-corrected chi connectivity index (χ3v) is 2.87. The number of hydrogen-bond acceptors (Lipinski definition) is 0. The van der Waals surface area contributed by atoms with Crippen LogP contribution in [0.2, 0.25) is 0 Å². The fraction of sp³-hybridized carbons (Fsp3) is 0.778. The first kappa shape index (κ1) is 5.52. The smallest absolute Gasteiger partial charge is 0.0172 e. The Labute approximate surface area is 57.0 Å². The van der Waals surface area contributed by atoms with Crippen LogP contribution in [0.25, 0.3) is 0 Å². The van der Waals surface area contributed by atoms with Gasteiger partial charge >= 0.3 is 0 Å². The van der Waals surface area contributed by atoms with Crippen LogP contribution in [0.15, 0.2) is 11.1 Å². The lowest BCUT2D eigenvalue weighted by Crippen LogP contribution is -2.03. The summed E-state index contributed by atoms with van der Waals surface area (Å²) < 4.78 is 0. The summed E-state index contributed by atoms with van der Waals surface area (Å²) in [6.45, 7) is 4.66. The third-order valence-electron chi connectivity index (χ3n) is 2.87. The van der Waals surface area contributed by atoms with Gasteiger partial charge in [0.2, 0.25) is 0 Å². The van der Waals surface area contributed by atoms with Crippen LogP contribution in [-0.2, 0) is 0 Å². The van der Waals surface area contributed by atoms with E-state index in [0.29, 0.717) is 0 Å². The summed E-state index contributed by atoms with van der Waals surface area (Å²) in [6.07, 6.45) is 4.28. The van der Waals surface area contributed by atoms with Gasteiger partial charge in [-0.05, 0) is 38.0 Å². The number of allylic oxidation sites excluding steroid dienone is 2. The lowest BCUT2D eigenvalue weighted by molar-refractivity contribution is 0.692. The van der Waals surface area contributed by atoms with Gasteiger partial charge in [-0.15, -0.1) is 0 Å². The maximum absolute atomic E-state index is 2.36. The fourth-order valence-corrected chi connectivity index (χ4v) is 1.83. The second kappa shape index (κ2) is 1.62. The van der Waals surface area contributed by atoms with Gasteiger partial charge in [-0.3, -0.25) is 0 Å². The highest BCUT2D eigenvalue weighted by atomic mass is 14.4. The van der Waals surface area contributed by atoms with Crippen LogP contribution in [0.3, 0.4) is 0 Å². The van der Waals surface area contributed by atoms with Gasteiger partial charge in [-0.25, -0.2) is 0 Å². The topological polar surface area (TPSA) is 0 Å². The van der Waals surface area contributed by atoms with Crippen molar-refractivity contribution >= 4 is 0 Å². The molecule has 1 fully saturated rings. The molecule has 0 aromatic carbocycles. The van der Waals surface area contributed by atoms with Gasteiger partial charge in [0.1, 0.15) is 0 Å². The van der Waals surface area contributed by atoms with Gasteiger partial charge < -0.3 is 0 Å². The van der Waals surface area contributed by atoms with E-state index in [0.717, 1.165) is 11.8 Å². The van der Waals surface area contributed by atoms with Crippen molar-refractivity contribution in [3.8, 4) is 0 Å². The molecule has 0 heteroatoms. The van der Waals surface area contributed by atoms with Crippen molar-refractivity contribution in [3.05, 3.63) is 11.1 Å². The molecule has 0 saturated heterocycles. The van der Waals surface area contributed by atoms with E-state index in [1.807, 2.05) is 5.57 Å². The molecule has 0 amide bonds. The highest BCUT2D eigenvalue weighted by Crippen LogP contribution is 2.50. The monoisotopic (exact) mass is 122 g/mol. The molecule has 0 nitrogen and oxygen atoms in total. The lowest BCUT2D eigenvalue weighted by Gasteiger charge is -2.20. The van der Waals surface area contributed by atoms with Crippen LogP contribution in [0, 0.1) is 11.8 Å². The maximum Gasteiger partial charge on any atom is -0.0172 e. The Balaban J connectivity index is 2.08. The molecule has 2 rings (SSSR count). The molecule has 50 valence electrons. The molecule has 2 aliphatic rings. The Morgan fingerprint density at radius 2 is 2.00 bits per heavy atom. The average Bonchev–Trinajstić information content (AvgIpc) is 2.44. The Morgan fingerprint density at radius 3 is 2.11 bits per heavy atom. The minimum Gasteiger partial charge on any atom is -0.0735 e. The molecule has 0 heterocycles. The first-order valence-corrected chi connectivity index (χ1v) is 3.97. The first-order valence-electron chi connectivity index (χ1n) is 3.97. The minimum atomic E-state index is 1.02. The Bertz CT molecular complexity index is 165. The van der Waals surface area contributed by atoms with Gasteiger partial charge in [0.05, 0.1) is 0 Å². The molecule has 0 bridgehead atoms. The van der Waals surface area contributed by atoms with Crippen LogP contribution >= 0.6 is 0 Å². The van der Waals surface area contributed by atoms with Crippen molar-refractivity contribution in [2.24, 2.45) is 11.8 Å². The SMILES string of the molecule is CC1=C(C2CC2C)CC1. The first-order chi connectivity index (χ1) is 4.29. The quantitative estimate of drug-likeness (QED) is 0.469. The zero-order valence-electron chi connectivity index (χ0n) is 6.28. The zero-order chi connectivity index (χ0) is 6.43. The number of rotatable bonds is 1. The molecule has 9 heavy (non-hydrogen) atoms. The molecule has 1 saturated carbocycles. The molecule has 2 unspecified atom stereocenters. The second-order valence-corrected chi connectivity index (χ2v) is 3.63. The Hall–Kier alpha value is -0.260. The molecule has 0 aliphatic heterocycles. The van der Waals surface area contributed by atoms with Crippen molar-refractivity contribution in [3.63, 3.8) is 0 Å². The minimum absolute atomic E-state index is 1.02. The molecule has 2 aliphatic carbocycles. The third kappa shape index (κ3) is 0.726. The number of hydrogen-bond donors (Lipinski definition) is 0. The Morgan fingerprint density at radius 1 is 1.33 bits per heavy atom. The predicted molar refractivity (Wildman–Crippen MR) is 39.2 cm³/mol. The van der Waals surface area contributed by atoms with E-state index in [1.54, 1.807) is 5.57 Å². The Kier molecular flexibility index (Phi) is 0.992. The van der Waals surface area contributed by atoms with Gasteiger partial charge in [-0.1, -0.05) is 18.1 Å². The van der Waals surface area contributed by atoms with E-state index in [2.05, 4.69) is 13.8 Å². The van der Waals surface area contributed by atoms with Crippen LogP contribution in [0.4, 0.5) is 0 Å². The van der Waals surface area contributed by atoms with Gasteiger partial charge in [0, 0.05) is 0 Å². The summed E-state index contributed by atoms with van der Waals surface area (Å²) in [5, 5.41) is 0. The van der Waals surface area contributed by atoms with Crippen molar-refractivity contribution in [2.75, 3.05) is 0 Å². The van der Waals surface area contributed by atoms with Crippen LogP contribution < -0.4 is 0 Å². The molecule has 0 spiro atoms. The maximum atomic E-state index is 2.36. The van der Waals surface area contributed by atoms with E-state index in [1.165, 1.54) is 19.3 Å². The van der Waals surface area contributed by atoms with Crippen molar-refractivity contribution < 1.29 is 0 Å². The molecule has 0 aromatic heterocycles. The van der Waals surface area contributed by atoms with Crippen molar-refractivity contribution in [2.45, 2.75) is 33.1 Å². The van der Waals surface area contributed by atoms with E-state index >= 15 is 0 Å². The van der Waals surface area contributed by atoms with Crippen LogP contribution in [0.5, 0.6) is 0 Å². The second-order valence-electron chi connectivity index (χ2n) is 3.63. The summed E-state index contributed by atoms with van der Waals surface area (Å²) in [5.74, 6) is 2.05. The zero-order valence-corrected chi connectivity index (χ0v) is 6.28. The van der Waals surface area contributed by atoms with Crippen molar-refractivity contribution in [1.82, 2.24) is 0 Å². The van der Waals surface area contributed by atoms with E-state index < -0.39 is 0 Å². The summed E-state index contributed by atoms with van der Waals surface area (Å²) in [7, 11) is 0. The van der Waals surface area contributed by atoms with Crippen molar-refractivity contribution in [1.29, 1.82) is 0 Å². The molecule has 0 N–H and O–H groups in total. The van der Waals surface area contributed by atoms with E-state index in [-0.39, 0.29) is 0 Å². The van der Waals surface area contributed by atoms with Crippen LogP contribution in [0.1, 0.15) is 33.1 Å². The summed E-state index contributed by atoms with van der Waals surface area (Å²) >= 11 is 0. The van der Waals surface area contributed by atoms with E-state index in [9.17, 15) is 0 Å². The summed E-state index contributed by atoms with van der Waals surface area (Å²) in [6, 6.07) is 0. The van der Waals surface area contributed by atoms with E-state index in [4.69, 9.17) is 0 Å². The predicted octanol–water partition coefficient (Wildman–Crippen LogP) is 2.75. The van der Waals surface area contributed by atoms with Gasteiger partial charge in [-0.2, -0.15) is 0 Å². The molecule has 0 aromatic rings. The summed E-state index contributed by atoms with van der Waals surface area (Å²) in [4.78, 5) is 0. The summed E-state index contributed by atoms with van der Waals surface area (Å²) in [5.41, 5.74) is 3.51.